The summed E-state index contributed by atoms with van der Waals surface area (Å²) in [5.41, 5.74) is 8.11. The average Bonchev–Trinajstić information content (AvgIpc) is 1.51. The van der Waals surface area contributed by atoms with Crippen LogP contribution in [0.5, 0.6) is 23.0 Å². The molecule has 0 fully saturated rings. The Labute approximate surface area is 512 Å². The molecule has 90 heavy (non-hydrogen) atoms. The molecule has 0 aliphatic rings. The Kier molecular flexibility index (Phi) is 17.2. The first-order valence-corrected chi connectivity index (χ1v) is 28.0. The van der Waals surface area contributed by atoms with E-state index in [1.165, 1.54) is 28.1 Å². The number of carbonyl (C=O) groups is 2. The van der Waals surface area contributed by atoms with Crippen LogP contribution in [0.3, 0.4) is 0 Å². The molecular formula is C70H54N10O10. The summed E-state index contributed by atoms with van der Waals surface area (Å²) in [7, 11) is 2.96. The topological polar surface area (TPSA) is 276 Å². The molecule has 0 bridgehead atoms. The van der Waals surface area contributed by atoms with Crippen LogP contribution in [0.15, 0.2) is 253 Å². The highest BCUT2D eigenvalue weighted by Gasteiger charge is 2.17. The number of aryl methyl sites for hydroxylation is 2. The van der Waals surface area contributed by atoms with E-state index in [-0.39, 0.29) is 23.3 Å². The van der Waals surface area contributed by atoms with Crippen LogP contribution in [0, 0.1) is 13.8 Å². The number of phenols is 2. The second kappa shape index (κ2) is 26.1. The minimum absolute atomic E-state index is 0.0264. The van der Waals surface area contributed by atoms with Crippen LogP contribution in [0.1, 0.15) is 25.0 Å². The summed E-state index contributed by atoms with van der Waals surface area (Å²) in [5.74, 6) is 0.128. The molecule has 0 radical (unpaired) electrons. The average molecular weight is 1200 g/mol. The summed E-state index contributed by atoms with van der Waals surface area (Å²) in [6, 6.07) is 56.9. The molecule has 0 unspecified atom stereocenters. The molecule has 12 rings (SSSR count). The van der Waals surface area contributed by atoms with Gasteiger partial charge in [0.2, 0.25) is 11.8 Å². The van der Waals surface area contributed by atoms with Crippen molar-refractivity contribution in [1.82, 2.24) is 0 Å². The van der Waals surface area contributed by atoms with E-state index in [0.717, 1.165) is 49.2 Å². The lowest BCUT2D eigenvalue weighted by Gasteiger charge is -2.11. The molecule has 0 aliphatic carbocycles. The number of fused-ring (bicyclic) bond motifs is 4. The molecular weight excluding hydrogens is 1140 g/mol. The molecule has 444 valence electrons. The van der Waals surface area contributed by atoms with Crippen LogP contribution in [-0.2, 0) is 9.59 Å². The zero-order valence-corrected chi connectivity index (χ0v) is 49.2. The number of amides is 2. The van der Waals surface area contributed by atoms with Crippen LogP contribution < -0.4 is 31.4 Å². The standard InChI is InChI=1S/2C35H27N5O5/c1-20-8-10-23(11-9-20)27-16-24-12-14-25(17-32(24)45-35(27)43)37-38-29-19-33(44-3)30(18-28(29)36-21(2)41)39-40-34-26-7-5-4-6-22(26)13-15-31(34)42;1-20-8-10-22(11-9-20)27-16-23-12-13-24(17-33(23)45-35(27)43)37-39-30-19-34(44-3)31(18-29(30)36-21(2)41)40-38-28-14-15-32(42)26-7-5-4-6-25(26)28/h2*4-19,42H,1-3H3,(H,36,41). The molecule has 2 amide bonds. The minimum Gasteiger partial charge on any atom is -0.507 e. The van der Waals surface area contributed by atoms with Gasteiger partial charge in [-0.25, -0.2) is 9.59 Å². The molecule has 0 atom stereocenters. The van der Waals surface area contributed by atoms with Gasteiger partial charge in [0, 0.05) is 65.0 Å². The zero-order valence-electron chi connectivity index (χ0n) is 49.2. The molecule has 10 aromatic carbocycles. The number of rotatable bonds is 14. The summed E-state index contributed by atoms with van der Waals surface area (Å²) in [5, 5.41) is 65.4. The lowest BCUT2D eigenvalue weighted by atomic mass is 10.0. The largest absolute Gasteiger partial charge is 0.507 e. The number of benzene rings is 10. The highest BCUT2D eigenvalue weighted by molar-refractivity contribution is 5.98. The molecule has 2 heterocycles. The number of aromatic hydroxyl groups is 2. The second-order valence-electron chi connectivity index (χ2n) is 20.6. The van der Waals surface area contributed by atoms with E-state index in [2.05, 4.69) is 51.5 Å². The van der Waals surface area contributed by atoms with Crippen molar-refractivity contribution in [3.05, 3.63) is 226 Å². The van der Waals surface area contributed by atoms with Crippen LogP contribution in [0.4, 0.5) is 56.9 Å². The molecule has 4 N–H and O–H groups in total. The van der Waals surface area contributed by atoms with Gasteiger partial charge < -0.3 is 39.2 Å². The van der Waals surface area contributed by atoms with E-state index in [0.29, 0.717) is 96.1 Å². The number of methoxy groups -OCH3 is 2. The fourth-order valence-corrected chi connectivity index (χ4v) is 9.67. The van der Waals surface area contributed by atoms with Crippen LogP contribution in [0.25, 0.3) is 65.7 Å². The van der Waals surface area contributed by atoms with Crippen LogP contribution in [0.2, 0.25) is 0 Å². The van der Waals surface area contributed by atoms with Gasteiger partial charge in [-0.15, -0.1) is 30.7 Å². The van der Waals surface area contributed by atoms with Crippen LogP contribution >= 0.6 is 0 Å². The number of phenolic OH excluding ortho intramolecular Hbond substituents is 2. The maximum Gasteiger partial charge on any atom is 0.344 e. The lowest BCUT2D eigenvalue weighted by Crippen LogP contribution is -2.06. The molecule has 2 aromatic heterocycles. The lowest BCUT2D eigenvalue weighted by molar-refractivity contribution is -0.115. The van der Waals surface area contributed by atoms with Crippen molar-refractivity contribution in [2.24, 2.45) is 40.9 Å². The van der Waals surface area contributed by atoms with Gasteiger partial charge in [-0.05, 0) is 97.1 Å². The number of nitrogens with one attached hydrogen (secondary N) is 2. The number of hydrogen-bond donors (Lipinski definition) is 4. The predicted molar refractivity (Wildman–Crippen MR) is 348 cm³/mol. The maximum absolute atomic E-state index is 12.8. The fraction of sp³-hybridized carbons (Fsp3) is 0.0857. The van der Waals surface area contributed by atoms with Crippen molar-refractivity contribution in [1.29, 1.82) is 0 Å². The van der Waals surface area contributed by atoms with E-state index >= 15 is 0 Å². The van der Waals surface area contributed by atoms with E-state index in [1.807, 2.05) is 105 Å². The summed E-state index contributed by atoms with van der Waals surface area (Å²) >= 11 is 0. The van der Waals surface area contributed by atoms with Gasteiger partial charge in [0.05, 0.1) is 53.8 Å². The first kappa shape index (κ1) is 59.4. The first-order chi connectivity index (χ1) is 43.6. The highest BCUT2D eigenvalue weighted by atomic mass is 16.5. The molecule has 0 aliphatic heterocycles. The number of ether oxygens (including phenoxy) is 2. The Morgan fingerprint density at radius 2 is 0.844 bits per heavy atom. The fourth-order valence-electron chi connectivity index (χ4n) is 9.67. The van der Waals surface area contributed by atoms with E-state index in [9.17, 15) is 29.4 Å². The van der Waals surface area contributed by atoms with Gasteiger partial charge >= 0.3 is 11.3 Å². The normalized spacial score (nSPS) is 11.5. The van der Waals surface area contributed by atoms with Crippen molar-refractivity contribution in [3.63, 3.8) is 0 Å². The van der Waals surface area contributed by atoms with Crippen LogP contribution in [-0.4, -0.2) is 36.2 Å². The Balaban J connectivity index is 0.000000185. The summed E-state index contributed by atoms with van der Waals surface area (Å²) < 4.78 is 22.4. The Morgan fingerprint density at radius 1 is 0.411 bits per heavy atom. The van der Waals surface area contributed by atoms with Gasteiger partial charge in [-0.3, -0.25) is 9.59 Å². The SMILES string of the molecule is COc1cc(N=Nc2ccc3cc(-c4ccc(C)cc4)c(=O)oc3c2)c(NC(C)=O)cc1N=Nc1c(O)ccc2ccccc12.COc1cc(N=Nc2ccc3cc(-c4ccc(C)cc4)c(=O)oc3c2)c(NC(C)=O)cc1N=Nc1ccc(O)c2ccccc12. The first-order valence-electron chi connectivity index (χ1n) is 28.0. The van der Waals surface area contributed by atoms with E-state index in [4.69, 9.17) is 18.3 Å². The smallest absolute Gasteiger partial charge is 0.344 e. The Morgan fingerprint density at radius 3 is 1.34 bits per heavy atom. The van der Waals surface area contributed by atoms with Gasteiger partial charge in [0.15, 0.2) is 0 Å². The van der Waals surface area contributed by atoms with Crippen molar-refractivity contribution in [2.45, 2.75) is 27.7 Å². The van der Waals surface area contributed by atoms with Crippen molar-refractivity contribution < 1.29 is 38.1 Å². The zero-order chi connectivity index (χ0) is 63.0. The summed E-state index contributed by atoms with van der Waals surface area (Å²) in [6.07, 6.45) is 0. The third-order valence-corrected chi connectivity index (χ3v) is 14.2. The van der Waals surface area contributed by atoms with Crippen molar-refractivity contribution in [3.8, 4) is 45.3 Å². The molecule has 0 saturated heterocycles. The van der Waals surface area contributed by atoms with Crippen molar-refractivity contribution in [2.75, 3.05) is 24.9 Å². The van der Waals surface area contributed by atoms with E-state index in [1.54, 1.807) is 103 Å². The Hall–Kier alpha value is -12.3. The monoisotopic (exact) mass is 1190 g/mol. The second-order valence-corrected chi connectivity index (χ2v) is 20.6. The number of nitrogens with zero attached hydrogens (tertiary/aromatic N) is 8. The van der Waals surface area contributed by atoms with E-state index < -0.39 is 11.3 Å². The summed E-state index contributed by atoms with van der Waals surface area (Å²) in [4.78, 5) is 49.7. The molecule has 0 spiro atoms. The van der Waals surface area contributed by atoms with Gasteiger partial charge in [-0.2, -0.15) is 10.2 Å². The third kappa shape index (κ3) is 13.4. The number of carbonyl (C=O) groups excluding carboxylic acids is 2. The molecule has 20 nitrogen and oxygen atoms in total. The third-order valence-electron chi connectivity index (χ3n) is 14.2. The quantitative estimate of drug-likeness (QED) is 0.0590. The summed E-state index contributed by atoms with van der Waals surface area (Å²) in [6.45, 7) is 6.72. The molecule has 20 heteroatoms. The van der Waals surface area contributed by atoms with Gasteiger partial charge in [0.1, 0.15) is 62.6 Å². The highest BCUT2D eigenvalue weighted by Crippen LogP contribution is 2.44. The molecule has 12 aromatic rings. The van der Waals surface area contributed by atoms with Gasteiger partial charge in [0.25, 0.3) is 0 Å². The number of azo groups is 4. The predicted octanol–water partition coefficient (Wildman–Crippen LogP) is 18.9. The van der Waals surface area contributed by atoms with Gasteiger partial charge in [-0.1, -0.05) is 114 Å². The van der Waals surface area contributed by atoms with Crippen molar-refractivity contribution >= 4 is 112 Å². The molecule has 0 saturated carbocycles. The minimum atomic E-state index is -0.459. The Bertz CT molecular complexity index is 5030. The maximum atomic E-state index is 12.8. The number of anilines is 2. The number of hydrogen-bond acceptors (Lipinski definition) is 18.